The van der Waals surface area contributed by atoms with Crippen LogP contribution in [-0.4, -0.2) is 15.9 Å². The molecule has 3 rings (SSSR count). The van der Waals surface area contributed by atoms with Crippen LogP contribution in [0.1, 0.15) is 22.5 Å². The van der Waals surface area contributed by atoms with E-state index >= 15 is 0 Å². The summed E-state index contributed by atoms with van der Waals surface area (Å²) < 4.78 is 0. The Morgan fingerprint density at radius 3 is 2.82 bits per heavy atom. The van der Waals surface area contributed by atoms with Crippen molar-refractivity contribution >= 4 is 16.9 Å². The van der Waals surface area contributed by atoms with E-state index in [0.717, 1.165) is 33.5 Å². The lowest BCUT2D eigenvalue weighted by atomic mass is 10.1. The van der Waals surface area contributed by atoms with Gasteiger partial charge in [0.1, 0.15) is 5.82 Å². The third-order valence-electron chi connectivity index (χ3n) is 3.77. The van der Waals surface area contributed by atoms with Crippen molar-refractivity contribution in [2.45, 2.75) is 26.8 Å². The molecule has 2 aromatic carbocycles. The lowest BCUT2D eigenvalue weighted by molar-refractivity contribution is -0.120. The average Bonchev–Trinajstić information content (AvgIpc) is 2.87. The van der Waals surface area contributed by atoms with Crippen LogP contribution in [0.15, 0.2) is 42.5 Å². The van der Waals surface area contributed by atoms with Crippen LogP contribution in [0.3, 0.4) is 0 Å². The Balaban J connectivity index is 1.63. The molecule has 0 unspecified atom stereocenters. The average molecular weight is 293 g/mol. The molecule has 0 spiro atoms. The van der Waals surface area contributed by atoms with Crippen LogP contribution in [-0.2, 0) is 17.8 Å². The minimum atomic E-state index is 0.0372. The van der Waals surface area contributed by atoms with Gasteiger partial charge in [-0.05, 0) is 42.7 Å². The maximum atomic E-state index is 12.1. The van der Waals surface area contributed by atoms with Gasteiger partial charge in [0, 0.05) is 6.54 Å². The first kappa shape index (κ1) is 14.3. The number of hydrogen-bond acceptors (Lipinski definition) is 2. The van der Waals surface area contributed by atoms with Gasteiger partial charge in [-0.3, -0.25) is 4.79 Å². The van der Waals surface area contributed by atoms with Crippen molar-refractivity contribution < 1.29 is 4.79 Å². The predicted octanol–water partition coefficient (Wildman–Crippen LogP) is 3.04. The van der Waals surface area contributed by atoms with Crippen molar-refractivity contribution in [1.82, 2.24) is 15.3 Å². The fraction of sp³-hybridized carbons (Fsp3) is 0.222. The minimum absolute atomic E-state index is 0.0372. The van der Waals surface area contributed by atoms with E-state index in [-0.39, 0.29) is 5.91 Å². The van der Waals surface area contributed by atoms with Crippen LogP contribution in [0.5, 0.6) is 0 Å². The summed E-state index contributed by atoms with van der Waals surface area (Å²) in [6.45, 7) is 4.49. The summed E-state index contributed by atoms with van der Waals surface area (Å²) in [5.74, 6) is 0.936. The zero-order valence-corrected chi connectivity index (χ0v) is 12.8. The molecule has 0 bridgehead atoms. The van der Waals surface area contributed by atoms with E-state index in [9.17, 15) is 4.79 Å². The number of imidazole rings is 1. The molecular formula is C18H19N3O. The number of aryl methyl sites for hydroxylation is 2. The molecule has 0 radical (unpaired) electrons. The van der Waals surface area contributed by atoms with Crippen molar-refractivity contribution in [2.75, 3.05) is 0 Å². The highest BCUT2D eigenvalue weighted by Gasteiger charge is 2.06. The lowest BCUT2D eigenvalue weighted by Crippen LogP contribution is -2.24. The number of benzene rings is 2. The summed E-state index contributed by atoms with van der Waals surface area (Å²) in [6.07, 6.45) is 0.415. The molecule has 0 aliphatic carbocycles. The van der Waals surface area contributed by atoms with Crippen LogP contribution in [0, 0.1) is 13.8 Å². The molecule has 22 heavy (non-hydrogen) atoms. The van der Waals surface area contributed by atoms with Crippen molar-refractivity contribution in [2.24, 2.45) is 0 Å². The number of carbonyl (C=O) groups is 1. The number of nitrogens with zero attached hydrogens (tertiary/aromatic N) is 1. The predicted molar refractivity (Wildman–Crippen MR) is 87.6 cm³/mol. The second kappa shape index (κ2) is 6.02. The van der Waals surface area contributed by atoms with E-state index in [1.807, 2.05) is 56.3 Å². The number of aromatic nitrogens is 2. The third kappa shape index (κ3) is 3.17. The van der Waals surface area contributed by atoms with Gasteiger partial charge in [0.25, 0.3) is 0 Å². The van der Waals surface area contributed by atoms with Gasteiger partial charge in [0.05, 0.1) is 17.5 Å². The number of H-pyrrole nitrogens is 1. The number of carbonyl (C=O) groups excluding carboxylic acids is 1. The van der Waals surface area contributed by atoms with Gasteiger partial charge < -0.3 is 10.3 Å². The highest BCUT2D eigenvalue weighted by molar-refractivity contribution is 5.79. The van der Waals surface area contributed by atoms with Gasteiger partial charge in [-0.2, -0.15) is 0 Å². The van der Waals surface area contributed by atoms with E-state index in [0.29, 0.717) is 13.0 Å². The summed E-state index contributed by atoms with van der Waals surface area (Å²) in [7, 11) is 0. The zero-order valence-electron chi connectivity index (χ0n) is 12.8. The number of hydrogen-bond donors (Lipinski definition) is 2. The van der Waals surface area contributed by atoms with Gasteiger partial charge in [-0.1, -0.05) is 30.3 Å². The molecule has 0 aliphatic rings. The molecule has 1 amide bonds. The van der Waals surface area contributed by atoms with E-state index in [2.05, 4.69) is 15.3 Å². The summed E-state index contributed by atoms with van der Waals surface area (Å²) >= 11 is 0. The summed E-state index contributed by atoms with van der Waals surface area (Å²) in [6, 6.07) is 14.0. The third-order valence-corrected chi connectivity index (χ3v) is 3.77. The first-order valence-electron chi connectivity index (χ1n) is 7.38. The van der Waals surface area contributed by atoms with E-state index in [1.165, 1.54) is 0 Å². The summed E-state index contributed by atoms with van der Waals surface area (Å²) in [5, 5.41) is 2.97. The maximum absolute atomic E-state index is 12.1. The molecule has 2 N–H and O–H groups in total. The standard InChI is InChI=1S/C18H19N3O/c1-12-5-3-4-6-15(12)10-18(22)19-11-14-7-8-16-17(9-14)21-13(2)20-16/h3-9H,10-11H2,1-2H3,(H,19,22)(H,20,21). The molecule has 0 aliphatic heterocycles. The van der Waals surface area contributed by atoms with E-state index in [4.69, 9.17) is 0 Å². The molecule has 4 nitrogen and oxygen atoms in total. The van der Waals surface area contributed by atoms with Crippen molar-refractivity contribution in [3.63, 3.8) is 0 Å². The number of amides is 1. The Morgan fingerprint density at radius 1 is 1.18 bits per heavy atom. The second-order valence-corrected chi connectivity index (χ2v) is 5.55. The first-order valence-corrected chi connectivity index (χ1v) is 7.38. The van der Waals surface area contributed by atoms with E-state index < -0.39 is 0 Å². The van der Waals surface area contributed by atoms with Crippen molar-refractivity contribution in [3.05, 3.63) is 65.0 Å². The smallest absolute Gasteiger partial charge is 0.224 e. The monoisotopic (exact) mass is 293 g/mol. The van der Waals surface area contributed by atoms with Crippen LogP contribution in [0.2, 0.25) is 0 Å². The SMILES string of the molecule is Cc1nc2ccc(CNC(=O)Cc3ccccc3C)cc2[nH]1. The Bertz CT molecular complexity index is 820. The van der Waals surface area contributed by atoms with Crippen molar-refractivity contribution in [3.8, 4) is 0 Å². The Labute approximate surface area is 129 Å². The quantitative estimate of drug-likeness (QED) is 0.777. The topological polar surface area (TPSA) is 57.8 Å². The Morgan fingerprint density at radius 2 is 2.00 bits per heavy atom. The summed E-state index contributed by atoms with van der Waals surface area (Å²) in [5.41, 5.74) is 5.23. The number of nitrogens with one attached hydrogen (secondary N) is 2. The molecule has 0 saturated carbocycles. The van der Waals surface area contributed by atoms with Gasteiger partial charge in [0.2, 0.25) is 5.91 Å². The lowest BCUT2D eigenvalue weighted by Gasteiger charge is -2.07. The van der Waals surface area contributed by atoms with Crippen LogP contribution in [0.25, 0.3) is 11.0 Å². The molecule has 1 heterocycles. The second-order valence-electron chi connectivity index (χ2n) is 5.55. The molecule has 4 heteroatoms. The van der Waals surface area contributed by atoms with E-state index in [1.54, 1.807) is 0 Å². The molecule has 3 aromatic rings. The van der Waals surface area contributed by atoms with Gasteiger partial charge in [-0.25, -0.2) is 4.98 Å². The van der Waals surface area contributed by atoms with Gasteiger partial charge in [0.15, 0.2) is 0 Å². The zero-order chi connectivity index (χ0) is 15.5. The molecular weight excluding hydrogens is 274 g/mol. The highest BCUT2D eigenvalue weighted by atomic mass is 16.1. The van der Waals surface area contributed by atoms with Crippen LogP contribution in [0.4, 0.5) is 0 Å². The highest BCUT2D eigenvalue weighted by Crippen LogP contribution is 2.13. The van der Waals surface area contributed by atoms with Gasteiger partial charge >= 0.3 is 0 Å². The molecule has 1 aromatic heterocycles. The largest absolute Gasteiger partial charge is 0.352 e. The first-order chi connectivity index (χ1) is 10.6. The molecule has 0 atom stereocenters. The van der Waals surface area contributed by atoms with Crippen molar-refractivity contribution in [1.29, 1.82) is 0 Å². The molecule has 0 fully saturated rings. The molecule has 112 valence electrons. The van der Waals surface area contributed by atoms with Gasteiger partial charge in [-0.15, -0.1) is 0 Å². The van der Waals surface area contributed by atoms with Crippen LogP contribution >= 0.6 is 0 Å². The van der Waals surface area contributed by atoms with Crippen LogP contribution < -0.4 is 5.32 Å². The number of fused-ring (bicyclic) bond motifs is 1. The fourth-order valence-electron chi connectivity index (χ4n) is 2.54. The Kier molecular flexibility index (Phi) is 3.92. The number of rotatable bonds is 4. The summed E-state index contributed by atoms with van der Waals surface area (Å²) in [4.78, 5) is 19.7. The minimum Gasteiger partial charge on any atom is -0.352 e. The fourth-order valence-corrected chi connectivity index (χ4v) is 2.54. The molecule has 0 saturated heterocycles. The number of aromatic amines is 1. The Hall–Kier alpha value is -2.62. The maximum Gasteiger partial charge on any atom is 0.224 e. The normalized spacial score (nSPS) is 10.8.